The lowest BCUT2D eigenvalue weighted by molar-refractivity contribution is -0.137. The number of esters is 1. The summed E-state index contributed by atoms with van der Waals surface area (Å²) in [6, 6.07) is 4.08. The van der Waals surface area contributed by atoms with E-state index in [0.29, 0.717) is 23.3 Å². The van der Waals surface area contributed by atoms with Gasteiger partial charge in [0.2, 0.25) is 15.2 Å². The molecule has 0 aliphatic carbocycles. The molecule has 0 saturated carbocycles. The molecule has 31 heavy (non-hydrogen) atoms. The molecule has 168 valence electrons. The predicted octanol–water partition coefficient (Wildman–Crippen LogP) is 3.13. The summed E-state index contributed by atoms with van der Waals surface area (Å²) < 4.78 is 32.4. The number of sulfonamides is 1. The van der Waals surface area contributed by atoms with Gasteiger partial charge in [-0.2, -0.15) is 4.31 Å². The van der Waals surface area contributed by atoms with E-state index in [9.17, 15) is 18.0 Å². The fraction of sp³-hybridized carbons (Fsp3) is 0.444. The monoisotopic (exact) mass is 504 g/mol. The average Bonchev–Trinajstić information content (AvgIpc) is 3.19. The highest BCUT2D eigenvalue weighted by Crippen LogP contribution is 2.29. The van der Waals surface area contributed by atoms with Crippen molar-refractivity contribution in [3.8, 4) is 0 Å². The van der Waals surface area contributed by atoms with Gasteiger partial charge in [-0.25, -0.2) is 8.42 Å². The van der Waals surface area contributed by atoms with E-state index in [1.165, 1.54) is 29.6 Å². The zero-order chi connectivity index (χ0) is 22.6. The Balaban J connectivity index is 1.73. The fourth-order valence-electron chi connectivity index (χ4n) is 2.88. The predicted molar refractivity (Wildman–Crippen MR) is 119 cm³/mol. The van der Waals surface area contributed by atoms with Gasteiger partial charge < -0.3 is 4.74 Å². The maximum atomic E-state index is 13.0. The highest BCUT2D eigenvalue weighted by molar-refractivity contribution is 8.01. The number of hydrogen-bond acceptors (Lipinski definition) is 9. The van der Waals surface area contributed by atoms with Gasteiger partial charge in [-0.3, -0.25) is 14.9 Å². The van der Waals surface area contributed by atoms with Gasteiger partial charge in [-0.05, 0) is 37.0 Å². The second-order valence-corrected chi connectivity index (χ2v) is 11.5. The minimum absolute atomic E-state index is 0.0168. The van der Waals surface area contributed by atoms with Crippen LogP contribution in [-0.2, 0) is 19.6 Å². The van der Waals surface area contributed by atoms with E-state index in [0.717, 1.165) is 35.9 Å². The number of nitrogens with one attached hydrogen (secondary N) is 1. The summed E-state index contributed by atoms with van der Waals surface area (Å²) in [6.07, 6.45) is 1.60. The maximum absolute atomic E-state index is 13.0. The zero-order valence-electron chi connectivity index (χ0n) is 16.8. The summed E-state index contributed by atoms with van der Waals surface area (Å²) >= 11 is 8.37. The summed E-state index contributed by atoms with van der Waals surface area (Å²) in [5.74, 6) is -0.450. The molecule has 3 rings (SSSR count). The number of amides is 1. The van der Waals surface area contributed by atoms with Gasteiger partial charge in [0.25, 0.3) is 5.91 Å². The molecule has 1 amide bonds. The summed E-state index contributed by atoms with van der Waals surface area (Å²) in [4.78, 5) is 23.9. The highest BCUT2D eigenvalue weighted by Gasteiger charge is 2.29. The molecule has 13 heteroatoms. The minimum atomic E-state index is -3.72. The number of halogens is 1. The van der Waals surface area contributed by atoms with Crippen molar-refractivity contribution in [3.63, 3.8) is 0 Å². The number of benzene rings is 1. The van der Waals surface area contributed by atoms with E-state index in [-0.39, 0.29) is 26.4 Å². The number of hydrogen-bond donors (Lipinski definition) is 1. The van der Waals surface area contributed by atoms with E-state index in [4.69, 9.17) is 11.6 Å². The summed E-state index contributed by atoms with van der Waals surface area (Å²) in [5, 5.41) is 10.6. The number of methoxy groups -OCH3 is 1. The van der Waals surface area contributed by atoms with Gasteiger partial charge in [0, 0.05) is 13.1 Å². The van der Waals surface area contributed by atoms with Crippen molar-refractivity contribution in [1.82, 2.24) is 14.5 Å². The first-order valence-corrected chi connectivity index (χ1v) is 13.0. The highest BCUT2D eigenvalue weighted by atomic mass is 35.5. The van der Waals surface area contributed by atoms with Crippen LogP contribution in [0.25, 0.3) is 0 Å². The van der Waals surface area contributed by atoms with Crippen molar-refractivity contribution in [2.75, 3.05) is 31.3 Å². The second kappa shape index (κ2) is 10.3. The van der Waals surface area contributed by atoms with Gasteiger partial charge >= 0.3 is 5.97 Å². The quantitative estimate of drug-likeness (QED) is 0.347. The molecule has 0 bridgehead atoms. The Hall–Kier alpha value is -1.73. The lowest BCUT2D eigenvalue weighted by Gasteiger charge is -2.29. The van der Waals surface area contributed by atoms with Crippen molar-refractivity contribution in [2.24, 2.45) is 5.92 Å². The molecule has 1 aliphatic rings. The molecule has 0 atom stereocenters. The molecule has 1 fully saturated rings. The van der Waals surface area contributed by atoms with E-state index >= 15 is 0 Å². The van der Waals surface area contributed by atoms with Crippen LogP contribution >= 0.6 is 34.7 Å². The van der Waals surface area contributed by atoms with Gasteiger partial charge in [0.15, 0.2) is 4.34 Å². The van der Waals surface area contributed by atoms with Gasteiger partial charge in [-0.15, -0.1) is 10.2 Å². The first kappa shape index (κ1) is 23.9. The van der Waals surface area contributed by atoms with Crippen LogP contribution in [0, 0.1) is 5.92 Å². The Kier molecular flexibility index (Phi) is 7.92. The van der Waals surface area contributed by atoms with E-state index in [1.54, 1.807) is 0 Å². The molecule has 1 aromatic heterocycles. The van der Waals surface area contributed by atoms with Gasteiger partial charge in [0.1, 0.15) is 0 Å². The van der Waals surface area contributed by atoms with Crippen molar-refractivity contribution >= 4 is 61.7 Å². The van der Waals surface area contributed by atoms with Crippen LogP contribution in [0.3, 0.4) is 0 Å². The van der Waals surface area contributed by atoms with Crippen molar-refractivity contribution in [2.45, 2.75) is 29.0 Å². The van der Waals surface area contributed by atoms with E-state index < -0.39 is 21.9 Å². The number of nitrogens with zero attached hydrogens (tertiary/aromatic N) is 3. The molecule has 1 saturated heterocycles. The average molecular weight is 505 g/mol. The first-order valence-electron chi connectivity index (χ1n) is 9.35. The standard InChI is InChI=1S/C18H21ClN4O5S3/c1-11-5-7-23(8-6-11)31(26,27)12-3-4-14(19)13(9-12)16(25)20-17-21-22-18(30-17)29-10-15(24)28-2/h3-4,9,11H,5-8,10H2,1-2H3,(H,20,21,25). The molecular formula is C18H21ClN4O5S3. The lowest BCUT2D eigenvalue weighted by atomic mass is 10.0. The van der Waals surface area contributed by atoms with E-state index in [2.05, 4.69) is 27.2 Å². The molecule has 0 spiro atoms. The Bertz CT molecular complexity index is 1070. The third kappa shape index (κ3) is 5.95. The molecule has 0 unspecified atom stereocenters. The smallest absolute Gasteiger partial charge is 0.316 e. The van der Waals surface area contributed by atoms with Crippen LogP contribution < -0.4 is 5.32 Å². The maximum Gasteiger partial charge on any atom is 0.316 e. The van der Waals surface area contributed by atoms with Gasteiger partial charge in [-0.1, -0.05) is 41.6 Å². The van der Waals surface area contributed by atoms with Crippen molar-refractivity contribution < 1.29 is 22.7 Å². The number of ether oxygens (including phenoxy) is 1. The molecule has 2 aromatic rings. The Labute approximate surface area is 193 Å². The van der Waals surface area contributed by atoms with Crippen molar-refractivity contribution in [3.05, 3.63) is 28.8 Å². The van der Waals surface area contributed by atoms with Crippen LogP contribution in [0.5, 0.6) is 0 Å². The molecule has 1 aromatic carbocycles. The molecule has 0 radical (unpaired) electrons. The van der Waals surface area contributed by atoms with Crippen LogP contribution in [0.2, 0.25) is 5.02 Å². The molecule has 1 aliphatic heterocycles. The van der Waals surface area contributed by atoms with Gasteiger partial charge in [0.05, 0.1) is 28.3 Å². The second-order valence-electron chi connectivity index (χ2n) is 6.92. The number of thioether (sulfide) groups is 1. The molecular weight excluding hydrogens is 484 g/mol. The Morgan fingerprint density at radius 3 is 2.71 bits per heavy atom. The summed E-state index contributed by atoms with van der Waals surface area (Å²) in [7, 11) is -2.43. The normalized spacial score (nSPS) is 15.6. The SMILES string of the molecule is COC(=O)CSc1nnc(NC(=O)c2cc(S(=O)(=O)N3CCC(C)CC3)ccc2Cl)s1. The number of anilines is 1. The fourth-order valence-corrected chi connectivity index (χ4v) is 6.16. The van der Waals surface area contributed by atoms with Crippen LogP contribution in [0.15, 0.2) is 27.4 Å². The Morgan fingerprint density at radius 1 is 1.32 bits per heavy atom. The molecule has 1 N–H and O–H groups in total. The zero-order valence-corrected chi connectivity index (χ0v) is 20.0. The molecule has 2 heterocycles. The van der Waals surface area contributed by atoms with Crippen molar-refractivity contribution in [1.29, 1.82) is 0 Å². The molecule has 9 nitrogen and oxygen atoms in total. The van der Waals surface area contributed by atoms with E-state index in [1.807, 2.05) is 0 Å². The number of rotatable bonds is 7. The summed E-state index contributed by atoms with van der Waals surface area (Å²) in [5.41, 5.74) is 0.0204. The third-order valence-corrected chi connectivity index (χ3v) is 8.90. The number of aromatic nitrogens is 2. The largest absolute Gasteiger partial charge is 0.468 e. The van der Waals surface area contributed by atoms with Crippen LogP contribution in [0.4, 0.5) is 5.13 Å². The number of piperidine rings is 1. The summed E-state index contributed by atoms with van der Waals surface area (Å²) in [6.45, 7) is 3.00. The van der Waals surface area contributed by atoms with Crippen LogP contribution in [0.1, 0.15) is 30.1 Å². The third-order valence-electron chi connectivity index (χ3n) is 4.73. The minimum Gasteiger partial charge on any atom is -0.468 e. The lowest BCUT2D eigenvalue weighted by Crippen LogP contribution is -2.37. The Morgan fingerprint density at radius 2 is 2.03 bits per heavy atom. The van der Waals surface area contributed by atoms with Crippen LogP contribution in [-0.4, -0.2) is 60.7 Å². The first-order chi connectivity index (χ1) is 14.7. The number of carbonyl (C=O) groups is 2. The topological polar surface area (TPSA) is 119 Å². The number of carbonyl (C=O) groups excluding carboxylic acids is 2.